The largest absolute Gasteiger partial charge is 0.467 e. The summed E-state index contributed by atoms with van der Waals surface area (Å²) in [5, 5.41) is 4.59. The van der Waals surface area contributed by atoms with E-state index in [0.29, 0.717) is 0 Å². The molecular formula is C13H23N3O6. The van der Waals surface area contributed by atoms with Gasteiger partial charge in [0.05, 0.1) is 13.5 Å². The fourth-order valence-electron chi connectivity index (χ4n) is 1.38. The van der Waals surface area contributed by atoms with Gasteiger partial charge < -0.3 is 25.8 Å². The number of carbonyl (C=O) groups excluding carboxylic acids is 4. The molecule has 0 saturated heterocycles. The molecule has 0 spiro atoms. The average Bonchev–Trinajstić information content (AvgIpc) is 2.33. The molecule has 0 aromatic carbocycles. The Bertz CT molecular complexity index is 444. The molecule has 2 unspecified atom stereocenters. The summed E-state index contributed by atoms with van der Waals surface area (Å²) in [5.41, 5.74) is 4.29. The van der Waals surface area contributed by atoms with Gasteiger partial charge in [0.2, 0.25) is 11.8 Å². The smallest absolute Gasteiger partial charge is 0.408 e. The second-order valence-electron chi connectivity index (χ2n) is 5.62. The van der Waals surface area contributed by atoms with Crippen molar-refractivity contribution in [2.45, 2.75) is 51.8 Å². The van der Waals surface area contributed by atoms with E-state index in [-0.39, 0.29) is 0 Å². The molecule has 0 aromatic heterocycles. The summed E-state index contributed by atoms with van der Waals surface area (Å²) >= 11 is 0. The average molecular weight is 317 g/mol. The fraction of sp³-hybridized carbons (Fsp3) is 0.692. The lowest BCUT2D eigenvalue weighted by Gasteiger charge is -2.22. The molecule has 0 aliphatic rings. The molecule has 0 aliphatic heterocycles. The summed E-state index contributed by atoms with van der Waals surface area (Å²) in [6.45, 7) is 6.43. The Morgan fingerprint density at radius 1 is 1.14 bits per heavy atom. The van der Waals surface area contributed by atoms with Crippen LogP contribution in [0.2, 0.25) is 0 Å². The van der Waals surface area contributed by atoms with E-state index in [0.717, 1.165) is 7.11 Å². The number of rotatable bonds is 6. The van der Waals surface area contributed by atoms with Crippen LogP contribution in [0.5, 0.6) is 0 Å². The van der Waals surface area contributed by atoms with Crippen LogP contribution in [0.25, 0.3) is 0 Å². The molecule has 0 fully saturated rings. The van der Waals surface area contributed by atoms with Crippen LogP contribution in [0, 0.1) is 0 Å². The standard InChI is InChI=1S/C13H23N3O6/c1-7(15-12(20)22-13(2,3)4)10(18)16-8(6-9(14)17)11(19)21-5/h7-8H,6H2,1-5H3,(H2,14,17)(H,15,20)(H,16,18). The van der Waals surface area contributed by atoms with Crippen molar-refractivity contribution >= 4 is 23.9 Å². The number of primary amides is 1. The fourth-order valence-corrected chi connectivity index (χ4v) is 1.38. The molecule has 2 atom stereocenters. The first-order valence-electron chi connectivity index (χ1n) is 6.62. The molecule has 126 valence electrons. The van der Waals surface area contributed by atoms with Crippen LogP contribution >= 0.6 is 0 Å². The first-order valence-corrected chi connectivity index (χ1v) is 6.62. The molecule has 3 amide bonds. The third-order valence-corrected chi connectivity index (χ3v) is 2.33. The topological polar surface area (TPSA) is 137 Å². The predicted octanol–water partition coefficient (Wildman–Crippen LogP) is -0.567. The zero-order chi connectivity index (χ0) is 17.5. The highest BCUT2D eigenvalue weighted by Crippen LogP contribution is 2.06. The second kappa shape index (κ2) is 8.20. The lowest BCUT2D eigenvalue weighted by atomic mass is 10.2. The van der Waals surface area contributed by atoms with Gasteiger partial charge in [0.25, 0.3) is 0 Å². The van der Waals surface area contributed by atoms with E-state index in [1.54, 1.807) is 20.8 Å². The van der Waals surface area contributed by atoms with Gasteiger partial charge in [0.1, 0.15) is 17.7 Å². The van der Waals surface area contributed by atoms with Gasteiger partial charge in [-0.05, 0) is 27.7 Å². The number of amides is 3. The Labute approximate surface area is 128 Å². The van der Waals surface area contributed by atoms with Crippen LogP contribution in [0.1, 0.15) is 34.1 Å². The maximum atomic E-state index is 11.9. The number of alkyl carbamates (subject to hydrolysis) is 1. The van der Waals surface area contributed by atoms with Gasteiger partial charge in [-0.3, -0.25) is 9.59 Å². The number of hydrogen-bond acceptors (Lipinski definition) is 6. The van der Waals surface area contributed by atoms with Crippen LogP contribution in [0.4, 0.5) is 4.79 Å². The third kappa shape index (κ3) is 8.08. The van der Waals surface area contributed by atoms with E-state index in [9.17, 15) is 19.2 Å². The maximum Gasteiger partial charge on any atom is 0.408 e. The molecule has 0 rings (SSSR count). The number of ether oxygens (including phenoxy) is 2. The van der Waals surface area contributed by atoms with Crippen molar-refractivity contribution in [1.29, 1.82) is 0 Å². The molecule has 0 heterocycles. The zero-order valence-corrected chi connectivity index (χ0v) is 13.4. The number of hydrogen-bond donors (Lipinski definition) is 3. The van der Waals surface area contributed by atoms with Gasteiger partial charge >= 0.3 is 12.1 Å². The van der Waals surface area contributed by atoms with Crippen LogP contribution < -0.4 is 16.4 Å². The molecule has 9 nitrogen and oxygen atoms in total. The predicted molar refractivity (Wildman–Crippen MR) is 76.6 cm³/mol. The summed E-state index contributed by atoms with van der Waals surface area (Å²) in [5.74, 6) is -2.26. The van der Waals surface area contributed by atoms with Crippen molar-refractivity contribution in [3.63, 3.8) is 0 Å². The summed E-state index contributed by atoms with van der Waals surface area (Å²) in [7, 11) is 1.12. The van der Waals surface area contributed by atoms with E-state index >= 15 is 0 Å². The van der Waals surface area contributed by atoms with E-state index in [2.05, 4.69) is 15.4 Å². The minimum Gasteiger partial charge on any atom is -0.467 e. The number of nitrogens with one attached hydrogen (secondary N) is 2. The number of methoxy groups -OCH3 is 1. The van der Waals surface area contributed by atoms with Crippen LogP contribution in [0.15, 0.2) is 0 Å². The second-order valence-corrected chi connectivity index (χ2v) is 5.62. The Morgan fingerprint density at radius 3 is 2.09 bits per heavy atom. The quantitative estimate of drug-likeness (QED) is 0.561. The van der Waals surface area contributed by atoms with Gasteiger partial charge in [-0.1, -0.05) is 0 Å². The molecule has 4 N–H and O–H groups in total. The zero-order valence-electron chi connectivity index (χ0n) is 13.4. The van der Waals surface area contributed by atoms with Crippen molar-refractivity contribution < 1.29 is 28.7 Å². The minimum absolute atomic E-state index is 0.405. The van der Waals surface area contributed by atoms with Crippen LogP contribution in [-0.4, -0.2) is 48.7 Å². The molecule has 0 aliphatic carbocycles. The monoisotopic (exact) mass is 317 g/mol. The first kappa shape index (κ1) is 19.7. The minimum atomic E-state index is -1.21. The summed E-state index contributed by atoms with van der Waals surface area (Å²) in [4.78, 5) is 45.8. The molecule has 0 aromatic rings. The highest BCUT2D eigenvalue weighted by atomic mass is 16.6. The normalized spacial score (nSPS) is 13.5. The van der Waals surface area contributed by atoms with E-state index in [4.69, 9.17) is 10.5 Å². The first-order chi connectivity index (χ1) is 9.96. The number of esters is 1. The Morgan fingerprint density at radius 2 is 1.68 bits per heavy atom. The van der Waals surface area contributed by atoms with Crippen molar-refractivity contribution in [1.82, 2.24) is 10.6 Å². The SMILES string of the molecule is COC(=O)C(CC(N)=O)NC(=O)C(C)NC(=O)OC(C)(C)C. The summed E-state index contributed by atoms with van der Waals surface area (Å²) in [6.07, 6.45) is -1.18. The summed E-state index contributed by atoms with van der Waals surface area (Å²) in [6, 6.07) is -2.19. The highest BCUT2D eigenvalue weighted by molar-refractivity contribution is 5.91. The lowest BCUT2D eigenvalue weighted by molar-refractivity contribution is -0.146. The molecular weight excluding hydrogens is 294 g/mol. The Kier molecular flexibility index (Phi) is 7.34. The van der Waals surface area contributed by atoms with Gasteiger partial charge in [0, 0.05) is 0 Å². The Balaban J connectivity index is 4.63. The van der Waals surface area contributed by atoms with E-state index in [1.165, 1.54) is 6.92 Å². The van der Waals surface area contributed by atoms with Gasteiger partial charge in [-0.2, -0.15) is 0 Å². The lowest BCUT2D eigenvalue weighted by Crippen LogP contribution is -2.52. The van der Waals surface area contributed by atoms with E-state index in [1.807, 2.05) is 0 Å². The Hall–Kier alpha value is -2.32. The highest BCUT2D eigenvalue weighted by Gasteiger charge is 2.27. The van der Waals surface area contributed by atoms with Crippen molar-refractivity contribution in [3.8, 4) is 0 Å². The molecule has 0 bridgehead atoms. The van der Waals surface area contributed by atoms with Crippen LogP contribution in [0.3, 0.4) is 0 Å². The van der Waals surface area contributed by atoms with Crippen molar-refractivity contribution in [3.05, 3.63) is 0 Å². The van der Waals surface area contributed by atoms with Crippen molar-refractivity contribution in [2.75, 3.05) is 7.11 Å². The summed E-state index contributed by atoms with van der Waals surface area (Å²) < 4.78 is 9.47. The third-order valence-electron chi connectivity index (χ3n) is 2.33. The van der Waals surface area contributed by atoms with Gasteiger partial charge in [-0.25, -0.2) is 9.59 Å². The molecule has 0 saturated carbocycles. The molecule has 22 heavy (non-hydrogen) atoms. The number of carbonyl (C=O) groups is 4. The number of nitrogens with two attached hydrogens (primary N) is 1. The van der Waals surface area contributed by atoms with Gasteiger partial charge in [-0.15, -0.1) is 0 Å². The maximum absolute atomic E-state index is 11.9. The van der Waals surface area contributed by atoms with Crippen molar-refractivity contribution in [2.24, 2.45) is 5.73 Å². The van der Waals surface area contributed by atoms with E-state index < -0.39 is 48.0 Å². The molecule has 9 heteroatoms. The molecule has 0 radical (unpaired) electrons. The van der Waals surface area contributed by atoms with Gasteiger partial charge in [0.15, 0.2) is 0 Å². The van der Waals surface area contributed by atoms with Crippen LogP contribution in [-0.2, 0) is 23.9 Å².